The molecule has 0 saturated heterocycles. The third kappa shape index (κ3) is 4.98. The fourth-order valence-electron chi connectivity index (χ4n) is 6.44. The van der Waals surface area contributed by atoms with Gasteiger partial charge >= 0.3 is 0 Å². The smallest absolute Gasteiger partial charge is 0.164 e. The number of hydrogen-bond donors (Lipinski definition) is 0. The minimum atomic E-state index is 0.596. The maximum atomic E-state index is 4.77. The van der Waals surface area contributed by atoms with Crippen molar-refractivity contribution in [2.75, 3.05) is 11.4 Å². The molecule has 7 aromatic rings. The van der Waals surface area contributed by atoms with Gasteiger partial charge in [-0.2, -0.15) is 0 Å². The Bertz CT molecular complexity index is 2210. The number of benzene rings is 5. The van der Waals surface area contributed by atoms with Gasteiger partial charge in [0.15, 0.2) is 17.5 Å². The van der Waals surface area contributed by atoms with Gasteiger partial charge in [-0.15, -0.1) is 0 Å². The van der Waals surface area contributed by atoms with E-state index in [9.17, 15) is 0 Å². The van der Waals surface area contributed by atoms with Gasteiger partial charge in [-0.25, -0.2) is 15.0 Å². The number of fused-ring (bicyclic) bond motifs is 5. The maximum Gasteiger partial charge on any atom is 0.164 e. The molecule has 1 aliphatic heterocycles. The molecule has 0 atom stereocenters. The molecule has 2 aromatic heterocycles. The van der Waals surface area contributed by atoms with Crippen LogP contribution in [0.4, 0.5) is 11.4 Å². The summed E-state index contributed by atoms with van der Waals surface area (Å²) in [6.07, 6.45) is 8.93. The summed E-state index contributed by atoms with van der Waals surface area (Å²) in [5.41, 5.74) is 9.02. The number of nitrogens with zero attached hydrogens (tertiary/aromatic N) is 5. The average molecular weight is 594 g/mol. The predicted octanol–water partition coefficient (Wildman–Crippen LogP) is 9.75. The highest BCUT2D eigenvalue weighted by molar-refractivity contribution is 6.14. The molecule has 0 bridgehead atoms. The van der Waals surface area contributed by atoms with Crippen LogP contribution >= 0.6 is 0 Å². The first kappa shape index (κ1) is 27.5. The minimum Gasteiger partial charge on any atom is -0.341 e. The highest BCUT2D eigenvalue weighted by Crippen LogP contribution is 2.43. The SMILES string of the molecule is C=C(/C=C\C=C\c1nc(-c2ccccc2)nc(-c2ccccc2)n1)n1c2ccccc2c2c3c(ccc21)N(c1ccccc1)CC3. The zero-order valence-corrected chi connectivity index (χ0v) is 25.3. The van der Waals surface area contributed by atoms with Crippen molar-refractivity contribution in [3.05, 3.63) is 164 Å². The van der Waals surface area contributed by atoms with E-state index in [1.165, 1.54) is 33.2 Å². The van der Waals surface area contributed by atoms with E-state index in [0.29, 0.717) is 17.5 Å². The Balaban J connectivity index is 1.13. The maximum absolute atomic E-state index is 4.77. The van der Waals surface area contributed by atoms with Crippen LogP contribution in [-0.2, 0) is 6.42 Å². The van der Waals surface area contributed by atoms with Crippen molar-refractivity contribution in [3.8, 4) is 22.8 Å². The van der Waals surface area contributed by atoms with Crippen molar-refractivity contribution in [1.82, 2.24) is 19.5 Å². The zero-order chi connectivity index (χ0) is 30.9. The van der Waals surface area contributed by atoms with Crippen LogP contribution in [0.15, 0.2) is 152 Å². The highest BCUT2D eigenvalue weighted by Gasteiger charge is 2.25. The zero-order valence-electron chi connectivity index (χ0n) is 25.3. The van der Waals surface area contributed by atoms with Crippen molar-refractivity contribution in [1.29, 1.82) is 0 Å². The molecule has 220 valence electrons. The van der Waals surface area contributed by atoms with E-state index in [1.807, 2.05) is 85.0 Å². The minimum absolute atomic E-state index is 0.596. The van der Waals surface area contributed by atoms with Gasteiger partial charge in [0.25, 0.3) is 0 Å². The van der Waals surface area contributed by atoms with Gasteiger partial charge < -0.3 is 9.47 Å². The normalized spacial score (nSPS) is 12.9. The molecule has 0 spiro atoms. The van der Waals surface area contributed by atoms with Crippen molar-refractivity contribution < 1.29 is 0 Å². The van der Waals surface area contributed by atoms with Gasteiger partial charge in [-0.3, -0.25) is 0 Å². The quantitative estimate of drug-likeness (QED) is 0.173. The monoisotopic (exact) mass is 593 g/mol. The molecule has 3 heterocycles. The van der Waals surface area contributed by atoms with Crippen LogP contribution in [0.25, 0.3) is 56.4 Å². The van der Waals surface area contributed by atoms with Crippen molar-refractivity contribution in [3.63, 3.8) is 0 Å². The second-order valence-electron chi connectivity index (χ2n) is 11.3. The molecule has 0 N–H and O–H groups in total. The molecule has 5 aromatic carbocycles. The average Bonchev–Trinajstić information content (AvgIpc) is 3.70. The first-order chi connectivity index (χ1) is 22.7. The van der Waals surface area contributed by atoms with Crippen LogP contribution in [0, 0.1) is 0 Å². The molecule has 0 fully saturated rings. The van der Waals surface area contributed by atoms with Crippen molar-refractivity contribution in [2.24, 2.45) is 0 Å². The molecule has 46 heavy (non-hydrogen) atoms. The molecule has 0 unspecified atom stereocenters. The molecular formula is C41H31N5. The van der Waals surface area contributed by atoms with E-state index in [4.69, 9.17) is 15.0 Å². The van der Waals surface area contributed by atoms with Gasteiger partial charge in [-0.05, 0) is 54.5 Å². The summed E-state index contributed by atoms with van der Waals surface area (Å²) in [4.78, 5) is 16.7. The topological polar surface area (TPSA) is 46.8 Å². The Morgan fingerprint density at radius 3 is 1.96 bits per heavy atom. The van der Waals surface area contributed by atoms with Gasteiger partial charge in [0.05, 0.1) is 11.0 Å². The van der Waals surface area contributed by atoms with E-state index in [-0.39, 0.29) is 0 Å². The lowest BCUT2D eigenvalue weighted by atomic mass is 10.0. The number of allylic oxidation sites excluding steroid dienone is 4. The Morgan fingerprint density at radius 1 is 0.630 bits per heavy atom. The first-order valence-electron chi connectivity index (χ1n) is 15.5. The fraction of sp³-hybridized carbons (Fsp3) is 0.0488. The number of para-hydroxylation sites is 2. The number of anilines is 2. The predicted molar refractivity (Wildman–Crippen MR) is 191 cm³/mol. The molecular weight excluding hydrogens is 562 g/mol. The Labute approximate surface area is 268 Å². The number of aromatic nitrogens is 4. The Hall–Kier alpha value is -6.07. The van der Waals surface area contributed by atoms with E-state index in [2.05, 4.69) is 82.8 Å². The summed E-state index contributed by atoms with van der Waals surface area (Å²) in [6, 6.07) is 43.8. The lowest BCUT2D eigenvalue weighted by molar-refractivity contribution is 1.00. The largest absolute Gasteiger partial charge is 0.341 e. The molecule has 8 rings (SSSR count). The number of hydrogen-bond acceptors (Lipinski definition) is 4. The summed E-state index contributed by atoms with van der Waals surface area (Å²) in [5.74, 6) is 1.88. The fourth-order valence-corrected chi connectivity index (χ4v) is 6.44. The van der Waals surface area contributed by atoms with Gasteiger partial charge in [0.1, 0.15) is 0 Å². The number of rotatable bonds is 7. The lowest BCUT2D eigenvalue weighted by Crippen LogP contribution is -2.12. The van der Waals surface area contributed by atoms with E-state index in [1.54, 1.807) is 0 Å². The summed E-state index contributed by atoms with van der Waals surface area (Å²) in [5, 5.41) is 2.56. The van der Waals surface area contributed by atoms with Gasteiger partial charge in [-0.1, -0.05) is 116 Å². The molecule has 1 aliphatic rings. The van der Waals surface area contributed by atoms with Crippen LogP contribution in [0.5, 0.6) is 0 Å². The van der Waals surface area contributed by atoms with Crippen LogP contribution < -0.4 is 4.90 Å². The highest BCUT2D eigenvalue weighted by atomic mass is 15.2. The van der Waals surface area contributed by atoms with Crippen LogP contribution in [0.3, 0.4) is 0 Å². The first-order valence-corrected chi connectivity index (χ1v) is 15.5. The molecule has 5 nitrogen and oxygen atoms in total. The molecule has 0 saturated carbocycles. The summed E-state index contributed by atoms with van der Waals surface area (Å²) in [6.45, 7) is 5.47. The second kappa shape index (κ2) is 11.8. The van der Waals surface area contributed by atoms with E-state index >= 15 is 0 Å². The summed E-state index contributed by atoms with van der Waals surface area (Å²) < 4.78 is 2.27. The molecule has 5 heteroatoms. The third-order valence-electron chi connectivity index (χ3n) is 8.51. The van der Waals surface area contributed by atoms with Crippen molar-refractivity contribution in [2.45, 2.75) is 6.42 Å². The summed E-state index contributed by atoms with van der Waals surface area (Å²) in [7, 11) is 0. The Kier molecular flexibility index (Phi) is 7.04. The molecule has 0 aliphatic carbocycles. The van der Waals surface area contributed by atoms with E-state index in [0.717, 1.165) is 35.3 Å². The van der Waals surface area contributed by atoms with Crippen molar-refractivity contribution >= 4 is 45.0 Å². The molecule has 0 amide bonds. The van der Waals surface area contributed by atoms with Crippen LogP contribution in [-0.4, -0.2) is 26.1 Å². The second-order valence-corrected chi connectivity index (χ2v) is 11.3. The van der Waals surface area contributed by atoms with Crippen LogP contribution in [0.2, 0.25) is 0 Å². The lowest BCUT2D eigenvalue weighted by Gasteiger charge is -2.19. The Morgan fingerprint density at radius 2 is 1.26 bits per heavy atom. The van der Waals surface area contributed by atoms with Gasteiger partial charge in [0, 0.05) is 45.5 Å². The molecule has 0 radical (unpaired) electrons. The standard InChI is InChI=1S/C41H31N5/c1-29(15-11-14-24-38-42-40(30-16-5-2-6-17-30)44-41(43-38)31-18-7-3-8-19-31)46-36-23-13-12-22-33(36)39-34-27-28-45(32-20-9-4-10-21-32)35(34)25-26-37(39)46/h2-26H,1,27-28H2/b15-11-,24-14+. The van der Waals surface area contributed by atoms with Crippen LogP contribution in [0.1, 0.15) is 11.4 Å². The van der Waals surface area contributed by atoms with E-state index < -0.39 is 0 Å². The van der Waals surface area contributed by atoms with Gasteiger partial charge in [0.2, 0.25) is 0 Å². The summed E-state index contributed by atoms with van der Waals surface area (Å²) >= 11 is 0. The third-order valence-corrected chi connectivity index (χ3v) is 8.51.